The highest BCUT2D eigenvalue weighted by Crippen LogP contribution is 2.41. The first kappa shape index (κ1) is 14.3. The van der Waals surface area contributed by atoms with E-state index in [0.29, 0.717) is 5.41 Å². The Balaban J connectivity index is 1.95. The highest BCUT2D eigenvalue weighted by atomic mass is 15.2. The van der Waals surface area contributed by atoms with Crippen LogP contribution in [0.4, 0.5) is 0 Å². The maximum absolute atomic E-state index is 3.47. The molecule has 2 aliphatic rings. The van der Waals surface area contributed by atoms with Crippen LogP contribution in [0.1, 0.15) is 58.8 Å². The highest BCUT2D eigenvalue weighted by Gasteiger charge is 2.38. The lowest BCUT2D eigenvalue weighted by atomic mass is 9.70. The van der Waals surface area contributed by atoms with Gasteiger partial charge in [0.15, 0.2) is 0 Å². The summed E-state index contributed by atoms with van der Waals surface area (Å²) in [5.74, 6) is 0.954. The molecular formula is C16H32N2. The zero-order valence-electron chi connectivity index (χ0n) is 12.7. The number of hydrogen-bond acceptors (Lipinski definition) is 2. The van der Waals surface area contributed by atoms with E-state index in [2.05, 4.69) is 31.1 Å². The second-order valence-corrected chi connectivity index (χ2v) is 6.91. The standard InChI is InChI=1S/C16H32N2/c1-4-11-18(15-5-6-15)13-16(12-17-3)9-7-14(2)8-10-16/h14-15,17H,4-13H2,1-3H3. The van der Waals surface area contributed by atoms with Gasteiger partial charge in [0.25, 0.3) is 0 Å². The number of nitrogens with zero attached hydrogens (tertiary/aromatic N) is 1. The third kappa shape index (κ3) is 3.71. The van der Waals surface area contributed by atoms with Gasteiger partial charge in [-0.1, -0.05) is 26.7 Å². The molecule has 18 heavy (non-hydrogen) atoms. The van der Waals surface area contributed by atoms with Crippen LogP contribution in [-0.2, 0) is 0 Å². The Labute approximate surface area is 114 Å². The van der Waals surface area contributed by atoms with Crippen molar-refractivity contribution in [1.82, 2.24) is 10.2 Å². The van der Waals surface area contributed by atoms with Crippen LogP contribution in [0.25, 0.3) is 0 Å². The van der Waals surface area contributed by atoms with Crippen LogP contribution in [0.15, 0.2) is 0 Å². The molecule has 2 nitrogen and oxygen atoms in total. The fourth-order valence-electron chi connectivity index (χ4n) is 3.69. The molecule has 0 spiro atoms. The normalized spacial score (nSPS) is 33.0. The maximum atomic E-state index is 3.47. The SMILES string of the molecule is CCCN(CC1(CNC)CCC(C)CC1)C1CC1. The van der Waals surface area contributed by atoms with E-state index in [9.17, 15) is 0 Å². The molecule has 0 aromatic heterocycles. The first-order chi connectivity index (χ1) is 8.69. The van der Waals surface area contributed by atoms with Gasteiger partial charge >= 0.3 is 0 Å². The highest BCUT2D eigenvalue weighted by molar-refractivity contribution is 4.93. The Bertz CT molecular complexity index is 239. The van der Waals surface area contributed by atoms with E-state index >= 15 is 0 Å². The van der Waals surface area contributed by atoms with Crippen LogP contribution in [0.2, 0.25) is 0 Å². The fourth-order valence-corrected chi connectivity index (χ4v) is 3.69. The van der Waals surface area contributed by atoms with Crippen molar-refractivity contribution in [1.29, 1.82) is 0 Å². The molecule has 0 aromatic rings. The molecule has 2 rings (SSSR count). The summed E-state index contributed by atoms with van der Waals surface area (Å²) in [5, 5.41) is 3.47. The third-order valence-electron chi connectivity index (χ3n) is 5.00. The molecular weight excluding hydrogens is 220 g/mol. The van der Waals surface area contributed by atoms with Crippen molar-refractivity contribution in [2.45, 2.75) is 64.8 Å². The van der Waals surface area contributed by atoms with Gasteiger partial charge in [-0.15, -0.1) is 0 Å². The van der Waals surface area contributed by atoms with Crippen molar-refractivity contribution in [2.24, 2.45) is 11.3 Å². The van der Waals surface area contributed by atoms with Crippen LogP contribution in [-0.4, -0.2) is 37.6 Å². The second-order valence-electron chi connectivity index (χ2n) is 6.91. The summed E-state index contributed by atoms with van der Waals surface area (Å²) >= 11 is 0. The molecule has 0 unspecified atom stereocenters. The zero-order chi connectivity index (χ0) is 13.0. The summed E-state index contributed by atoms with van der Waals surface area (Å²) in [6.45, 7) is 8.62. The average molecular weight is 252 g/mol. The zero-order valence-corrected chi connectivity index (χ0v) is 12.7. The van der Waals surface area contributed by atoms with Gasteiger partial charge in [-0.05, 0) is 57.0 Å². The number of rotatable bonds is 7. The number of hydrogen-bond donors (Lipinski definition) is 1. The van der Waals surface area contributed by atoms with Crippen LogP contribution in [0, 0.1) is 11.3 Å². The van der Waals surface area contributed by atoms with E-state index < -0.39 is 0 Å². The van der Waals surface area contributed by atoms with Gasteiger partial charge in [-0.2, -0.15) is 0 Å². The molecule has 0 bridgehead atoms. The third-order valence-corrected chi connectivity index (χ3v) is 5.00. The van der Waals surface area contributed by atoms with Gasteiger partial charge in [0.05, 0.1) is 0 Å². The quantitative estimate of drug-likeness (QED) is 0.748. The average Bonchev–Trinajstić information content (AvgIpc) is 3.17. The van der Waals surface area contributed by atoms with Crippen LogP contribution in [0.3, 0.4) is 0 Å². The lowest BCUT2D eigenvalue weighted by Crippen LogP contribution is -2.46. The molecule has 0 atom stereocenters. The Morgan fingerprint density at radius 3 is 2.33 bits per heavy atom. The molecule has 0 aromatic carbocycles. The molecule has 2 saturated carbocycles. The molecule has 0 radical (unpaired) electrons. The lowest BCUT2D eigenvalue weighted by Gasteiger charge is -2.43. The maximum Gasteiger partial charge on any atom is 0.00966 e. The van der Waals surface area contributed by atoms with E-state index in [1.807, 2.05) is 0 Å². The summed E-state index contributed by atoms with van der Waals surface area (Å²) in [7, 11) is 2.13. The van der Waals surface area contributed by atoms with Crippen molar-refractivity contribution in [3.8, 4) is 0 Å². The Hall–Kier alpha value is -0.0800. The van der Waals surface area contributed by atoms with Gasteiger partial charge in [0, 0.05) is 19.1 Å². The smallest absolute Gasteiger partial charge is 0.00966 e. The minimum Gasteiger partial charge on any atom is -0.319 e. The Morgan fingerprint density at radius 2 is 1.83 bits per heavy atom. The van der Waals surface area contributed by atoms with Gasteiger partial charge in [-0.3, -0.25) is 4.90 Å². The summed E-state index contributed by atoms with van der Waals surface area (Å²) in [4.78, 5) is 2.80. The molecule has 0 aliphatic heterocycles. The van der Waals surface area contributed by atoms with E-state index in [4.69, 9.17) is 0 Å². The summed E-state index contributed by atoms with van der Waals surface area (Å²) in [5.41, 5.74) is 0.568. The summed E-state index contributed by atoms with van der Waals surface area (Å²) in [6, 6.07) is 0.929. The van der Waals surface area contributed by atoms with Gasteiger partial charge in [-0.25, -0.2) is 0 Å². The molecule has 2 fully saturated rings. The Morgan fingerprint density at radius 1 is 1.17 bits per heavy atom. The molecule has 0 amide bonds. The van der Waals surface area contributed by atoms with Crippen molar-refractivity contribution >= 4 is 0 Å². The van der Waals surface area contributed by atoms with Crippen molar-refractivity contribution in [3.63, 3.8) is 0 Å². The van der Waals surface area contributed by atoms with Crippen molar-refractivity contribution in [3.05, 3.63) is 0 Å². The van der Waals surface area contributed by atoms with Gasteiger partial charge in [0.1, 0.15) is 0 Å². The predicted octanol–water partition coefficient (Wildman–Crippen LogP) is 3.28. The van der Waals surface area contributed by atoms with Crippen LogP contribution < -0.4 is 5.32 Å². The van der Waals surface area contributed by atoms with Crippen molar-refractivity contribution in [2.75, 3.05) is 26.7 Å². The van der Waals surface area contributed by atoms with Crippen LogP contribution >= 0.6 is 0 Å². The van der Waals surface area contributed by atoms with Crippen molar-refractivity contribution < 1.29 is 0 Å². The topological polar surface area (TPSA) is 15.3 Å². The first-order valence-electron chi connectivity index (χ1n) is 8.08. The van der Waals surface area contributed by atoms with E-state index in [-0.39, 0.29) is 0 Å². The minimum atomic E-state index is 0.568. The Kier molecular flexibility index (Phi) is 5.08. The molecule has 2 heteroatoms. The molecule has 106 valence electrons. The summed E-state index contributed by atoms with van der Waals surface area (Å²) < 4.78 is 0. The molecule has 0 heterocycles. The minimum absolute atomic E-state index is 0.568. The largest absolute Gasteiger partial charge is 0.319 e. The van der Waals surface area contributed by atoms with E-state index in [1.165, 1.54) is 64.6 Å². The molecule has 1 N–H and O–H groups in total. The molecule has 2 aliphatic carbocycles. The number of nitrogens with one attached hydrogen (secondary N) is 1. The van der Waals surface area contributed by atoms with Gasteiger partial charge < -0.3 is 5.32 Å². The monoisotopic (exact) mass is 252 g/mol. The van der Waals surface area contributed by atoms with Crippen LogP contribution in [0.5, 0.6) is 0 Å². The first-order valence-corrected chi connectivity index (χ1v) is 8.08. The molecule has 0 saturated heterocycles. The van der Waals surface area contributed by atoms with Gasteiger partial charge in [0.2, 0.25) is 0 Å². The predicted molar refractivity (Wildman–Crippen MR) is 78.9 cm³/mol. The van der Waals surface area contributed by atoms with E-state index in [0.717, 1.165) is 12.0 Å². The second kappa shape index (κ2) is 6.38. The fraction of sp³-hybridized carbons (Fsp3) is 1.00. The lowest BCUT2D eigenvalue weighted by molar-refractivity contribution is 0.0838. The van der Waals surface area contributed by atoms with E-state index in [1.54, 1.807) is 0 Å². The summed E-state index contributed by atoms with van der Waals surface area (Å²) in [6.07, 6.45) is 9.95.